The lowest BCUT2D eigenvalue weighted by Crippen LogP contribution is -2.14. The van der Waals surface area contributed by atoms with Crippen LogP contribution in [-0.4, -0.2) is 5.91 Å². The van der Waals surface area contributed by atoms with Gasteiger partial charge in [-0.2, -0.15) is 0 Å². The van der Waals surface area contributed by atoms with Crippen LogP contribution >= 0.6 is 0 Å². The van der Waals surface area contributed by atoms with Crippen LogP contribution in [0.2, 0.25) is 0 Å². The van der Waals surface area contributed by atoms with Crippen molar-refractivity contribution in [3.63, 3.8) is 0 Å². The molecule has 26 heavy (non-hydrogen) atoms. The first-order valence-corrected chi connectivity index (χ1v) is 7.75. The molecule has 3 nitrogen and oxygen atoms in total. The van der Waals surface area contributed by atoms with Gasteiger partial charge in [0.25, 0.3) is 5.91 Å². The van der Waals surface area contributed by atoms with Crippen LogP contribution in [0.25, 0.3) is 0 Å². The molecule has 1 N–H and O–H groups in total. The van der Waals surface area contributed by atoms with Crippen LogP contribution in [0, 0.1) is 17.5 Å². The van der Waals surface area contributed by atoms with Crippen molar-refractivity contribution in [1.82, 2.24) is 0 Å². The van der Waals surface area contributed by atoms with E-state index in [1.807, 2.05) is 0 Å². The first-order valence-electron chi connectivity index (χ1n) is 7.75. The molecule has 0 radical (unpaired) electrons. The summed E-state index contributed by atoms with van der Waals surface area (Å²) in [5.74, 6) is -2.99. The zero-order chi connectivity index (χ0) is 18.5. The summed E-state index contributed by atoms with van der Waals surface area (Å²) in [7, 11) is 0. The summed E-state index contributed by atoms with van der Waals surface area (Å²) in [5, 5.41) is 2.49. The summed E-state index contributed by atoms with van der Waals surface area (Å²) in [4.78, 5) is 12.1. The number of hydrogen-bond acceptors (Lipinski definition) is 2. The average molecular weight is 357 g/mol. The highest BCUT2D eigenvalue weighted by Crippen LogP contribution is 2.20. The fourth-order valence-electron chi connectivity index (χ4n) is 2.33. The Bertz CT molecular complexity index is 944. The molecule has 0 bridgehead atoms. The van der Waals surface area contributed by atoms with Crippen molar-refractivity contribution in [3.8, 4) is 5.75 Å². The standard InChI is InChI=1S/C20H14F3NO2/c21-14-5-1-4-13(10-14)12-26-16-7-2-6-15(11-16)24-20(25)17-8-3-9-18(22)19(17)23/h1-11H,12H2,(H,24,25). The van der Waals surface area contributed by atoms with Crippen LogP contribution in [0.4, 0.5) is 18.9 Å². The highest BCUT2D eigenvalue weighted by molar-refractivity contribution is 6.04. The average Bonchev–Trinajstić information content (AvgIpc) is 2.62. The lowest BCUT2D eigenvalue weighted by Gasteiger charge is -2.10. The van der Waals surface area contributed by atoms with Crippen LogP contribution in [0.15, 0.2) is 66.7 Å². The van der Waals surface area contributed by atoms with E-state index in [2.05, 4.69) is 5.32 Å². The third-order valence-corrected chi connectivity index (χ3v) is 3.58. The number of halogens is 3. The van der Waals surface area contributed by atoms with E-state index in [4.69, 9.17) is 4.74 Å². The predicted octanol–water partition coefficient (Wildman–Crippen LogP) is 4.94. The zero-order valence-electron chi connectivity index (χ0n) is 13.5. The molecule has 0 aliphatic rings. The Labute approximate surface area is 148 Å². The van der Waals surface area contributed by atoms with Crippen LogP contribution in [0.3, 0.4) is 0 Å². The van der Waals surface area contributed by atoms with Gasteiger partial charge in [0.2, 0.25) is 0 Å². The van der Waals surface area contributed by atoms with Crippen LogP contribution in [-0.2, 0) is 6.61 Å². The topological polar surface area (TPSA) is 38.3 Å². The second-order valence-corrected chi connectivity index (χ2v) is 5.50. The molecule has 0 atom stereocenters. The Hall–Kier alpha value is -3.28. The molecule has 0 saturated carbocycles. The minimum absolute atomic E-state index is 0.147. The summed E-state index contributed by atoms with van der Waals surface area (Å²) >= 11 is 0. The smallest absolute Gasteiger partial charge is 0.258 e. The van der Waals surface area contributed by atoms with Crippen LogP contribution in [0.5, 0.6) is 5.75 Å². The molecule has 0 fully saturated rings. The quantitative estimate of drug-likeness (QED) is 0.703. The van der Waals surface area contributed by atoms with Gasteiger partial charge in [0.05, 0.1) is 5.56 Å². The number of rotatable bonds is 5. The summed E-state index contributed by atoms with van der Waals surface area (Å²) in [6.07, 6.45) is 0. The Morgan fingerprint density at radius 3 is 2.50 bits per heavy atom. The number of ether oxygens (including phenoxy) is 1. The molecule has 0 aliphatic heterocycles. The molecule has 0 unspecified atom stereocenters. The van der Waals surface area contributed by atoms with Gasteiger partial charge >= 0.3 is 0 Å². The van der Waals surface area contributed by atoms with E-state index >= 15 is 0 Å². The lowest BCUT2D eigenvalue weighted by atomic mass is 10.2. The molecular formula is C20H14F3NO2. The van der Waals surface area contributed by atoms with Crippen molar-refractivity contribution in [2.75, 3.05) is 5.32 Å². The summed E-state index contributed by atoms with van der Waals surface area (Å²) in [6, 6.07) is 15.8. The maximum atomic E-state index is 13.7. The number of amides is 1. The Morgan fingerprint density at radius 2 is 1.69 bits per heavy atom. The molecular weight excluding hydrogens is 343 g/mol. The molecule has 0 spiro atoms. The van der Waals surface area contributed by atoms with Gasteiger partial charge in [0.15, 0.2) is 11.6 Å². The van der Waals surface area contributed by atoms with Crippen molar-refractivity contribution in [2.45, 2.75) is 6.61 Å². The van der Waals surface area contributed by atoms with Gasteiger partial charge in [-0.1, -0.05) is 24.3 Å². The Balaban J connectivity index is 1.69. The van der Waals surface area contributed by atoms with Crippen molar-refractivity contribution < 1.29 is 22.7 Å². The lowest BCUT2D eigenvalue weighted by molar-refractivity contribution is 0.102. The SMILES string of the molecule is O=C(Nc1cccc(OCc2cccc(F)c2)c1)c1cccc(F)c1F. The van der Waals surface area contributed by atoms with E-state index in [9.17, 15) is 18.0 Å². The third-order valence-electron chi connectivity index (χ3n) is 3.58. The molecule has 132 valence electrons. The third kappa shape index (κ3) is 4.22. The van der Waals surface area contributed by atoms with Gasteiger partial charge in [-0.15, -0.1) is 0 Å². The normalized spacial score (nSPS) is 10.4. The van der Waals surface area contributed by atoms with Crippen molar-refractivity contribution in [1.29, 1.82) is 0 Å². The second-order valence-electron chi connectivity index (χ2n) is 5.50. The number of hydrogen-bond donors (Lipinski definition) is 1. The van der Waals surface area contributed by atoms with Gasteiger partial charge in [-0.05, 0) is 42.0 Å². The monoisotopic (exact) mass is 357 g/mol. The van der Waals surface area contributed by atoms with Crippen LogP contribution < -0.4 is 10.1 Å². The molecule has 0 aliphatic carbocycles. The number of carbonyl (C=O) groups is 1. The summed E-state index contributed by atoms with van der Waals surface area (Å²) in [6.45, 7) is 0.147. The van der Waals surface area contributed by atoms with Gasteiger partial charge < -0.3 is 10.1 Å². The van der Waals surface area contributed by atoms with E-state index in [1.165, 1.54) is 30.3 Å². The highest BCUT2D eigenvalue weighted by atomic mass is 19.2. The molecule has 3 aromatic carbocycles. The molecule has 3 rings (SSSR count). The van der Waals surface area contributed by atoms with E-state index in [0.29, 0.717) is 17.0 Å². The van der Waals surface area contributed by atoms with Gasteiger partial charge in [0, 0.05) is 11.8 Å². The minimum Gasteiger partial charge on any atom is -0.489 e. The molecule has 6 heteroatoms. The largest absolute Gasteiger partial charge is 0.489 e. The Morgan fingerprint density at radius 1 is 0.923 bits per heavy atom. The van der Waals surface area contributed by atoms with Gasteiger partial charge in [-0.3, -0.25) is 4.79 Å². The number of carbonyl (C=O) groups excluding carboxylic acids is 1. The fourth-order valence-corrected chi connectivity index (χ4v) is 2.33. The molecule has 0 heterocycles. The first-order chi connectivity index (χ1) is 12.5. The van der Waals surface area contributed by atoms with Gasteiger partial charge in [-0.25, -0.2) is 13.2 Å². The minimum atomic E-state index is -1.21. The van der Waals surface area contributed by atoms with E-state index in [0.717, 1.165) is 6.07 Å². The predicted molar refractivity (Wildman–Crippen MR) is 91.5 cm³/mol. The molecule has 1 amide bonds. The van der Waals surface area contributed by atoms with Crippen molar-refractivity contribution in [2.24, 2.45) is 0 Å². The maximum absolute atomic E-state index is 13.7. The van der Waals surface area contributed by atoms with Gasteiger partial charge in [0.1, 0.15) is 18.2 Å². The molecule has 3 aromatic rings. The van der Waals surface area contributed by atoms with E-state index in [-0.39, 0.29) is 12.4 Å². The number of benzene rings is 3. The van der Waals surface area contributed by atoms with Crippen molar-refractivity contribution in [3.05, 3.63) is 95.3 Å². The Kier molecular flexibility index (Phi) is 5.22. The molecule has 0 saturated heterocycles. The van der Waals surface area contributed by atoms with Crippen LogP contribution in [0.1, 0.15) is 15.9 Å². The zero-order valence-corrected chi connectivity index (χ0v) is 13.5. The maximum Gasteiger partial charge on any atom is 0.258 e. The van der Waals surface area contributed by atoms with E-state index < -0.39 is 23.1 Å². The summed E-state index contributed by atoms with van der Waals surface area (Å²) < 4.78 is 45.6. The first kappa shape index (κ1) is 17.5. The summed E-state index contributed by atoms with van der Waals surface area (Å²) in [5.41, 5.74) is 0.618. The molecule has 0 aromatic heterocycles. The highest BCUT2D eigenvalue weighted by Gasteiger charge is 2.15. The fraction of sp³-hybridized carbons (Fsp3) is 0.0500. The van der Waals surface area contributed by atoms with Crippen molar-refractivity contribution >= 4 is 11.6 Å². The van der Waals surface area contributed by atoms with E-state index in [1.54, 1.807) is 30.3 Å². The number of nitrogens with one attached hydrogen (secondary N) is 1. The number of anilines is 1. The second kappa shape index (κ2) is 7.74.